The molecule has 0 aromatic heterocycles. The van der Waals surface area contributed by atoms with Gasteiger partial charge in [0.1, 0.15) is 5.75 Å². The van der Waals surface area contributed by atoms with Gasteiger partial charge in [-0.15, -0.1) is 0 Å². The number of aryl methyl sites for hydroxylation is 2. The first-order chi connectivity index (χ1) is 6.69. The van der Waals surface area contributed by atoms with E-state index in [9.17, 15) is 0 Å². The summed E-state index contributed by atoms with van der Waals surface area (Å²) >= 11 is 0. The van der Waals surface area contributed by atoms with E-state index < -0.39 is 0 Å². The van der Waals surface area contributed by atoms with E-state index in [-0.39, 0.29) is 0 Å². The first-order valence-electron chi connectivity index (χ1n) is 4.74. The molecule has 0 amide bonds. The molecule has 3 heteroatoms. The van der Waals surface area contributed by atoms with Crippen LogP contribution in [0.2, 0.25) is 0 Å². The molecule has 1 aromatic rings. The van der Waals surface area contributed by atoms with Crippen molar-refractivity contribution in [2.45, 2.75) is 20.4 Å². The molecule has 0 atom stereocenters. The standard InChI is InChI=1S/C11H18N2O/c1-8-4-9(2)11(14-3)10(5-8)6-13-7-12/h4-5,13H,6-7,12H2,1-3H3. The van der Waals surface area contributed by atoms with Gasteiger partial charge < -0.3 is 15.8 Å². The van der Waals surface area contributed by atoms with Crippen molar-refractivity contribution in [3.63, 3.8) is 0 Å². The van der Waals surface area contributed by atoms with Gasteiger partial charge in [-0.1, -0.05) is 17.7 Å². The molecular weight excluding hydrogens is 176 g/mol. The third-order valence-corrected chi connectivity index (χ3v) is 2.16. The normalized spacial score (nSPS) is 10.3. The molecule has 0 spiro atoms. The summed E-state index contributed by atoms with van der Waals surface area (Å²) in [7, 11) is 1.70. The fourth-order valence-electron chi connectivity index (χ4n) is 1.67. The zero-order valence-electron chi connectivity index (χ0n) is 9.05. The van der Waals surface area contributed by atoms with Crippen LogP contribution >= 0.6 is 0 Å². The summed E-state index contributed by atoms with van der Waals surface area (Å²) in [5.41, 5.74) is 8.97. The molecule has 0 aliphatic carbocycles. The smallest absolute Gasteiger partial charge is 0.126 e. The lowest BCUT2D eigenvalue weighted by Gasteiger charge is -2.12. The maximum atomic E-state index is 5.39. The van der Waals surface area contributed by atoms with Crippen LogP contribution in [-0.4, -0.2) is 13.8 Å². The van der Waals surface area contributed by atoms with Gasteiger partial charge in [0.05, 0.1) is 7.11 Å². The van der Waals surface area contributed by atoms with E-state index in [1.165, 1.54) is 11.1 Å². The van der Waals surface area contributed by atoms with Crippen LogP contribution in [0.3, 0.4) is 0 Å². The maximum absolute atomic E-state index is 5.39. The Morgan fingerprint density at radius 2 is 2.07 bits per heavy atom. The fraction of sp³-hybridized carbons (Fsp3) is 0.455. The number of benzene rings is 1. The van der Waals surface area contributed by atoms with Gasteiger partial charge in [-0.05, 0) is 19.4 Å². The molecule has 0 unspecified atom stereocenters. The molecular formula is C11H18N2O. The van der Waals surface area contributed by atoms with Gasteiger partial charge in [0.25, 0.3) is 0 Å². The molecule has 0 saturated carbocycles. The summed E-state index contributed by atoms with van der Waals surface area (Å²) in [6, 6.07) is 4.24. The molecule has 0 aliphatic heterocycles. The first-order valence-corrected chi connectivity index (χ1v) is 4.74. The number of rotatable bonds is 4. The average Bonchev–Trinajstić information content (AvgIpc) is 2.14. The van der Waals surface area contributed by atoms with Crippen molar-refractivity contribution in [2.75, 3.05) is 13.8 Å². The van der Waals surface area contributed by atoms with Crippen molar-refractivity contribution in [3.05, 3.63) is 28.8 Å². The van der Waals surface area contributed by atoms with Crippen LogP contribution in [0.15, 0.2) is 12.1 Å². The summed E-state index contributed by atoms with van der Waals surface area (Å²) in [6.45, 7) is 5.37. The van der Waals surface area contributed by atoms with Crippen molar-refractivity contribution in [1.29, 1.82) is 0 Å². The molecule has 14 heavy (non-hydrogen) atoms. The molecule has 0 fully saturated rings. The van der Waals surface area contributed by atoms with Crippen molar-refractivity contribution in [3.8, 4) is 5.75 Å². The molecule has 78 valence electrons. The molecule has 1 rings (SSSR count). The van der Waals surface area contributed by atoms with Crippen molar-refractivity contribution < 1.29 is 4.74 Å². The van der Waals surface area contributed by atoms with Gasteiger partial charge in [-0.25, -0.2) is 0 Å². The molecule has 0 bridgehead atoms. The minimum absolute atomic E-state index is 0.482. The second kappa shape index (κ2) is 4.98. The summed E-state index contributed by atoms with van der Waals surface area (Å²) in [6.07, 6.45) is 0. The van der Waals surface area contributed by atoms with Crippen LogP contribution in [0.5, 0.6) is 5.75 Å². The van der Waals surface area contributed by atoms with Gasteiger partial charge >= 0.3 is 0 Å². The molecule has 0 radical (unpaired) electrons. The van der Waals surface area contributed by atoms with Crippen LogP contribution in [-0.2, 0) is 6.54 Å². The third-order valence-electron chi connectivity index (χ3n) is 2.16. The van der Waals surface area contributed by atoms with E-state index in [0.717, 1.165) is 17.9 Å². The van der Waals surface area contributed by atoms with Crippen LogP contribution in [0.4, 0.5) is 0 Å². The lowest BCUT2D eigenvalue weighted by molar-refractivity contribution is 0.404. The van der Waals surface area contributed by atoms with Gasteiger partial charge in [0.15, 0.2) is 0 Å². The largest absolute Gasteiger partial charge is 0.496 e. The average molecular weight is 194 g/mol. The molecule has 1 aromatic carbocycles. The van der Waals surface area contributed by atoms with Crippen LogP contribution in [0, 0.1) is 13.8 Å². The maximum Gasteiger partial charge on any atom is 0.126 e. The van der Waals surface area contributed by atoms with E-state index >= 15 is 0 Å². The highest BCUT2D eigenvalue weighted by atomic mass is 16.5. The lowest BCUT2D eigenvalue weighted by Crippen LogP contribution is -2.22. The molecule has 0 heterocycles. The fourth-order valence-corrected chi connectivity index (χ4v) is 1.67. The number of methoxy groups -OCH3 is 1. The van der Waals surface area contributed by atoms with E-state index in [4.69, 9.17) is 10.5 Å². The highest BCUT2D eigenvalue weighted by molar-refractivity contribution is 5.43. The van der Waals surface area contributed by atoms with E-state index in [2.05, 4.69) is 31.3 Å². The highest BCUT2D eigenvalue weighted by Gasteiger charge is 2.06. The van der Waals surface area contributed by atoms with E-state index in [1.54, 1.807) is 7.11 Å². The zero-order valence-corrected chi connectivity index (χ0v) is 9.05. The molecule has 3 N–H and O–H groups in total. The Morgan fingerprint density at radius 1 is 1.36 bits per heavy atom. The third kappa shape index (κ3) is 2.47. The quantitative estimate of drug-likeness (QED) is 0.711. The molecule has 0 saturated heterocycles. The van der Waals surface area contributed by atoms with Crippen molar-refractivity contribution in [1.82, 2.24) is 5.32 Å². The summed E-state index contributed by atoms with van der Waals surface area (Å²) in [5.74, 6) is 0.955. The molecule has 3 nitrogen and oxygen atoms in total. The predicted octanol–water partition coefficient (Wildman–Crippen LogP) is 1.32. The van der Waals surface area contributed by atoms with Crippen LogP contribution in [0.1, 0.15) is 16.7 Å². The Bertz CT molecular complexity index is 310. The monoisotopic (exact) mass is 194 g/mol. The van der Waals surface area contributed by atoms with Crippen LogP contribution < -0.4 is 15.8 Å². The number of hydrogen-bond donors (Lipinski definition) is 2. The second-order valence-corrected chi connectivity index (χ2v) is 3.41. The number of hydrogen-bond acceptors (Lipinski definition) is 3. The van der Waals surface area contributed by atoms with Gasteiger partial charge in [-0.2, -0.15) is 0 Å². The number of nitrogens with one attached hydrogen (secondary N) is 1. The summed E-state index contributed by atoms with van der Waals surface area (Å²) in [5, 5.41) is 3.09. The number of nitrogens with two attached hydrogens (primary N) is 1. The SMILES string of the molecule is COc1c(C)cc(C)cc1CNCN. The Balaban J connectivity index is 2.99. The van der Waals surface area contributed by atoms with E-state index in [1.807, 2.05) is 0 Å². The predicted molar refractivity (Wildman–Crippen MR) is 58.4 cm³/mol. The Morgan fingerprint density at radius 3 is 2.64 bits per heavy atom. The minimum atomic E-state index is 0.482. The minimum Gasteiger partial charge on any atom is -0.496 e. The lowest BCUT2D eigenvalue weighted by atomic mass is 10.1. The van der Waals surface area contributed by atoms with Gasteiger partial charge in [-0.3, -0.25) is 0 Å². The Kier molecular flexibility index (Phi) is 3.92. The Hall–Kier alpha value is -1.06. The van der Waals surface area contributed by atoms with Crippen molar-refractivity contribution >= 4 is 0 Å². The van der Waals surface area contributed by atoms with Gasteiger partial charge in [0.2, 0.25) is 0 Å². The second-order valence-electron chi connectivity index (χ2n) is 3.41. The van der Waals surface area contributed by atoms with Crippen LogP contribution in [0.25, 0.3) is 0 Å². The number of ether oxygens (including phenoxy) is 1. The zero-order chi connectivity index (χ0) is 10.6. The topological polar surface area (TPSA) is 47.3 Å². The first kappa shape index (κ1) is 11.0. The highest BCUT2D eigenvalue weighted by Crippen LogP contribution is 2.24. The summed E-state index contributed by atoms with van der Waals surface area (Å²) in [4.78, 5) is 0. The van der Waals surface area contributed by atoms with Crippen molar-refractivity contribution in [2.24, 2.45) is 5.73 Å². The Labute approximate surface area is 85.3 Å². The van der Waals surface area contributed by atoms with E-state index in [0.29, 0.717) is 6.67 Å². The molecule has 0 aliphatic rings. The van der Waals surface area contributed by atoms with Gasteiger partial charge in [0, 0.05) is 18.8 Å². The summed E-state index contributed by atoms with van der Waals surface area (Å²) < 4.78 is 5.35.